The Balaban J connectivity index is 1.53. The van der Waals surface area contributed by atoms with Crippen LogP contribution in [0.1, 0.15) is 132 Å². The van der Waals surface area contributed by atoms with Gasteiger partial charge in [-0.1, -0.05) is 67.0 Å². The number of rotatable bonds is 5. The normalized spacial score (nSPS) is 52.9. The van der Waals surface area contributed by atoms with E-state index in [0.29, 0.717) is 40.1 Å². The molecule has 0 aliphatic heterocycles. The number of carbonyl (C=O) groups excluding carboxylic acids is 1. The lowest BCUT2D eigenvalue weighted by molar-refractivity contribution is -0.246. The molecule has 0 aromatic heterocycles. The molecular weight excluding hydrogens is 452 g/mol. The van der Waals surface area contributed by atoms with Gasteiger partial charge < -0.3 is 4.74 Å². The van der Waals surface area contributed by atoms with Gasteiger partial charge in [0.05, 0.1) is 6.61 Å². The van der Waals surface area contributed by atoms with Gasteiger partial charge in [0.2, 0.25) is 0 Å². The molecule has 0 bridgehead atoms. The molecule has 0 spiro atoms. The topological polar surface area (TPSA) is 26.3 Å². The average molecular weight is 511 g/mol. The Labute approximate surface area is 229 Å². The van der Waals surface area contributed by atoms with Crippen LogP contribution in [0.25, 0.3) is 0 Å². The van der Waals surface area contributed by atoms with Crippen LogP contribution in [0.3, 0.4) is 0 Å². The number of fused-ring (bicyclic) bond motifs is 7. The maximum absolute atomic E-state index is 12.0. The molecule has 5 fully saturated rings. The first-order valence-corrected chi connectivity index (χ1v) is 16.1. The second kappa shape index (κ2) is 9.12. The molecule has 0 heterocycles. The van der Waals surface area contributed by atoms with Crippen LogP contribution < -0.4 is 0 Å². The van der Waals surface area contributed by atoms with Gasteiger partial charge >= 0.3 is 5.97 Å². The van der Waals surface area contributed by atoms with Crippen molar-refractivity contribution in [1.29, 1.82) is 0 Å². The molecule has 0 amide bonds. The summed E-state index contributed by atoms with van der Waals surface area (Å²) in [5, 5.41) is 0. The predicted octanol–water partition coefficient (Wildman–Crippen LogP) is 9.62. The third kappa shape index (κ3) is 3.65. The van der Waals surface area contributed by atoms with Crippen molar-refractivity contribution < 1.29 is 9.53 Å². The zero-order chi connectivity index (χ0) is 27.0. The summed E-state index contributed by atoms with van der Waals surface area (Å²) < 4.78 is 5.86. The molecule has 5 aliphatic rings. The van der Waals surface area contributed by atoms with Crippen LogP contribution in [-0.2, 0) is 9.53 Å². The van der Waals surface area contributed by atoms with Crippen molar-refractivity contribution in [1.82, 2.24) is 0 Å². The third-order valence-electron chi connectivity index (χ3n) is 15.2. The van der Waals surface area contributed by atoms with Gasteiger partial charge in [0.15, 0.2) is 0 Å². The van der Waals surface area contributed by atoms with Crippen molar-refractivity contribution in [2.24, 2.45) is 62.6 Å². The zero-order valence-electron chi connectivity index (χ0n) is 25.7. The Morgan fingerprint density at radius 2 is 1.59 bits per heavy atom. The molecule has 0 aromatic rings. The van der Waals surface area contributed by atoms with E-state index in [1.165, 1.54) is 76.2 Å². The van der Waals surface area contributed by atoms with Gasteiger partial charge in [-0.25, -0.2) is 0 Å². The van der Waals surface area contributed by atoms with Gasteiger partial charge in [-0.05, 0) is 128 Å². The van der Waals surface area contributed by atoms with Crippen LogP contribution >= 0.6 is 0 Å². The Bertz CT molecular complexity index is 922. The Morgan fingerprint density at radius 3 is 2.24 bits per heavy atom. The lowest BCUT2D eigenvalue weighted by atomic mass is 9.31. The molecule has 0 saturated heterocycles. The van der Waals surface area contributed by atoms with E-state index in [-0.39, 0.29) is 11.4 Å². The number of hydrogen-bond donors (Lipinski definition) is 0. The van der Waals surface area contributed by atoms with Crippen molar-refractivity contribution in [2.75, 3.05) is 6.61 Å². The highest BCUT2D eigenvalue weighted by Crippen LogP contribution is 2.78. The van der Waals surface area contributed by atoms with E-state index in [1.807, 2.05) is 0 Å². The Hall–Kier alpha value is -0.790. The molecule has 2 nitrogen and oxygen atoms in total. The second-order valence-electron chi connectivity index (χ2n) is 15.8. The van der Waals surface area contributed by atoms with Crippen molar-refractivity contribution in [3.05, 3.63) is 12.2 Å². The first-order chi connectivity index (χ1) is 17.3. The molecule has 5 rings (SSSR count). The molecule has 37 heavy (non-hydrogen) atoms. The van der Waals surface area contributed by atoms with E-state index in [2.05, 4.69) is 55.0 Å². The lowest BCUT2D eigenvalue weighted by Crippen LogP contribution is -2.66. The summed E-state index contributed by atoms with van der Waals surface area (Å²) in [6.45, 7) is 25.1. The summed E-state index contributed by atoms with van der Waals surface area (Å²) in [5.74, 6) is 4.43. The van der Waals surface area contributed by atoms with Gasteiger partial charge in [0.25, 0.3) is 0 Å². The fourth-order valence-corrected chi connectivity index (χ4v) is 12.5. The van der Waals surface area contributed by atoms with Crippen LogP contribution in [-0.4, -0.2) is 12.6 Å². The smallest absolute Gasteiger partial charge is 0.302 e. The van der Waals surface area contributed by atoms with Gasteiger partial charge in [-0.3, -0.25) is 4.79 Å². The fraction of sp³-hybridized carbons (Fsp3) is 0.914. The Kier molecular flexibility index (Phi) is 6.85. The van der Waals surface area contributed by atoms with Gasteiger partial charge in [-0.15, -0.1) is 0 Å². The molecule has 0 aromatic carbocycles. The largest absolute Gasteiger partial charge is 0.465 e. The molecule has 0 N–H and O–H groups in total. The number of esters is 1. The maximum Gasteiger partial charge on any atom is 0.302 e. The van der Waals surface area contributed by atoms with E-state index in [1.54, 1.807) is 6.92 Å². The maximum atomic E-state index is 12.0. The zero-order valence-corrected chi connectivity index (χ0v) is 25.7. The highest BCUT2D eigenvalue weighted by atomic mass is 16.5. The van der Waals surface area contributed by atoms with Crippen molar-refractivity contribution in [3.8, 4) is 0 Å². The summed E-state index contributed by atoms with van der Waals surface area (Å²) in [7, 11) is 0. The third-order valence-corrected chi connectivity index (χ3v) is 15.2. The quantitative estimate of drug-likeness (QED) is 0.272. The molecule has 5 aliphatic carbocycles. The minimum atomic E-state index is -0.105. The Morgan fingerprint density at radius 1 is 0.865 bits per heavy atom. The van der Waals surface area contributed by atoms with E-state index >= 15 is 0 Å². The summed E-state index contributed by atoms with van der Waals surface area (Å²) in [5.41, 5.74) is 3.38. The van der Waals surface area contributed by atoms with Gasteiger partial charge in [0, 0.05) is 12.3 Å². The minimum Gasteiger partial charge on any atom is -0.465 e. The number of hydrogen-bond acceptors (Lipinski definition) is 2. The van der Waals surface area contributed by atoms with E-state index in [0.717, 1.165) is 30.1 Å². The van der Waals surface area contributed by atoms with E-state index in [4.69, 9.17) is 4.74 Å². The number of carbonyl (C=O) groups is 1. The molecule has 2 heteroatoms. The number of allylic oxidation sites excluding steroid dienone is 1. The van der Waals surface area contributed by atoms with Gasteiger partial charge in [0.1, 0.15) is 0 Å². The minimum absolute atomic E-state index is 0.105. The first-order valence-electron chi connectivity index (χ1n) is 16.1. The summed E-state index contributed by atoms with van der Waals surface area (Å²) in [6, 6.07) is 0. The van der Waals surface area contributed by atoms with Crippen LogP contribution in [0.15, 0.2) is 12.2 Å². The summed E-state index contributed by atoms with van der Waals surface area (Å²) in [6.07, 6.45) is 15.9. The highest BCUT2D eigenvalue weighted by Gasteiger charge is 2.71. The van der Waals surface area contributed by atoms with Gasteiger partial charge in [-0.2, -0.15) is 0 Å². The molecular formula is C35H58O2. The standard InChI is InChI=1S/C35H58O2/c1-10-23(3)26-15-19-35(22-37-25(5)36)21-20-33(8)27(30(26)35)12-13-29-32(7)17-14-24(4)31(6,11-2)28(32)16-18-34(29,33)9/h24,26-30H,3,10-22H2,1-2,4-9H3/t24-,26-,27?,28?,29?,30?,31+,32-,33+,34+,35+/m0/s1. The first kappa shape index (κ1) is 27.8. The SMILES string of the molecule is C=C(CC)[C@@H]1CC[C@]2(COC(C)=O)CC[C@]3(C)C(CCC4[C@@]5(C)CC[C@H](C)[C@@](C)(CC)C5CC[C@]43C)C12. The predicted molar refractivity (Wildman–Crippen MR) is 154 cm³/mol. The van der Waals surface area contributed by atoms with Crippen LogP contribution in [0.5, 0.6) is 0 Å². The monoisotopic (exact) mass is 510 g/mol. The molecule has 210 valence electrons. The van der Waals surface area contributed by atoms with Crippen molar-refractivity contribution in [2.45, 2.75) is 132 Å². The molecule has 4 unspecified atom stereocenters. The molecule has 5 saturated carbocycles. The van der Waals surface area contributed by atoms with Crippen molar-refractivity contribution in [3.63, 3.8) is 0 Å². The van der Waals surface area contributed by atoms with Crippen molar-refractivity contribution >= 4 is 5.97 Å². The molecule has 0 radical (unpaired) electrons. The van der Waals surface area contributed by atoms with Crippen LogP contribution in [0, 0.1) is 62.6 Å². The van der Waals surface area contributed by atoms with Crippen LogP contribution in [0.2, 0.25) is 0 Å². The second-order valence-corrected chi connectivity index (χ2v) is 15.8. The average Bonchev–Trinajstić information content (AvgIpc) is 3.25. The lowest BCUT2D eigenvalue weighted by Gasteiger charge is -2.73. The van der Waals surface area contributed by atoms with Crippen LogP contribution in [0.4, 0.5) is 0 Å². The number of ether oxygens (including phenoxy) is 1. The van der Waals surface area contributed by atoms with E-state index in [9.17, 15) is 4.79 Å². The summed E-state index contributed by atoms with van der Waals surface area (Å²) in [4.78, 5) is 12.0. The fourth-order valence-electron chi connectivity index (χ4n) is 12.5. The molecule has 11 atom stereocenters. The van der Waals surface area contributed by atoms with E-state index < -0.39 is 0 Å². The highest BCUT2D eigenvalue weighted by molar-refractivity contribution is 5.65. The summed E-state index contributed by atoms with van der Waals surface area (Å²) >= 11 is 0.